The SMILES string of the molecule is CCc1cccc(C)c1NC(=S)NC(=O)c1ccc(Cl)c([N+](=O)[O-])c1. The maximum Gasteiger partial charge on any atom is 0.288 e. The Labute approximate surface area is 155 Å². The van der Waals surface area contributed by atoms with Crippen molar-refractivity contribution in [2.24, 2.45) is 0 Å². The number of benzene rings is 2. The zero-order valence-electron chi connectivity index (χ0n) is 13.6. The van der Waals surface area contributed by atoms with Gasteiger partial charge in [-0.2, -0.15) is 0 Å². The van der Waals surface area contributed by atoms with E-state index in [1.165, 1.54) is 12.1 Å². The first-order valence-corrected chi connectivity index (χ1v) is 8.26. The third kappa shape index (κ3) is 4.52. The van der Waals surface area contributed by atoms with Gasteiger partial charge in [0.25, 0.3) is 11.6 Å². The molecule has 25 heavy (non-hydrogen) atoms. The highest BCUT2D eigenvalue weighted by atomic mass is 35.5. The van der Waals surface area contributed by atoms with E-state index < -0.39 is 10.8 Å². The molecule has 2 aromatic rings. The number of thiocarbonyl (C=S) groups is 1. The van der Waals surface area contributed by atoms with Gasteiger partial charge in [0.2, 0.25) is 0 Å². The van der Waals surface area contributed by atoms with Crippen LogP contribution >= 0.6 is 23.8 Å². The van der Waals surface area contributed by atoms with Gasteiger partial charge in [0.15, 0.2) is 5.11 Å². The number of rotatable bonds is 4. The van der Waals surface area contributed by atoms with Gasteiger partial charge in [0, 0.05) is 17.3 Å². The van der Waals surface area contributed by atoms with Crippen molar-refractivity contribution in [3.8, 4) is 0 Å². The fraction of sp³-hybridized carbons (Fsp3) is 0.176. The lowest BCUT2D eigenvalue weighted by Gasteiger charge is -2.15. The number of nitro benzene ring substituents is 1. The van der Waals surface area contributed by atoms with Crippen molar-refractivity contribution in [1.82, 2.24) is 5.32 Å². The molecule has 0 radical (unpaired) electrons. The van der Waals surface area contributed by atoms with Crippen molar-refractivity contribution in [3.05, 3.63) is 68.2 Å². The Morgan fingerprint density at radius 1 is 1.32 bits per heavy atom. The van der Waals surface area contributed by atoms with Crippen molar-refractivity contribution >= 4 is 46.2 Å². The number of carbonyl (C=O) groups excluding carboxylic acids is 1. The van der Waals surface area contributed by atoms with Crippen LogP contribution in [0.25, 0.3) is 0 Å². The summed E-state index contributed by atoms with van der Waals surface area (Å²) < 4.78 is 0. The summed E-state index contributed by atoms with van der Waals surface area (Å²) in [5, 5.41) is 16.5. The van der Waals surface area contributed by atoms with E-state index in [1.807, 2.05) is 32.0 Å². The molecule has 0 heterocycles. The first-order chi connectivity index (χ1) is 11.8. The van der Waals surface area contributed by atoms with E-state index in [2.05, 4.69) is 10.6 Å². The highest BCUT2D eigenvalue weighted by Crippen LogP contribution is 2.25. The number of hydrogen-bond acceptors (Lipinski definition) is 4. The van der Waals surface area contributed by atoms with Crippen LogP contribution in [0.2, 0.25) is 5.02 Å². The molecule has 0 saturated heterocycles. The number of amides is 1. The van der Waals surface area contributed by atoms with E-state index in [9.17, 15) is 14.9 Å². The average Bonchev–Trinajstić information content (AvgIpc) is 2.56. The molecule has 1 amide bonds. The molecule has 0 aliphatic rings. The standard InChI is InChI=1S/C17H16ClN3O3S/c1-3-11-6-4-5-10(2)15(11)19-17(25)20-16(22)12-7-8-13(18)14(9-12)21(23)24/h4-9H,3H2,1-2H3,(H2,19,20,22,25). The number of hydrogen-bond donors (Lipinski definition) is 2. The summed E-state index contributed by atoms with van der Waals surface area (Å²) in [7, 11) is 0. The van der Waals surface area contributed by atoms with Crippen LogP contribution < -0.4 is 10.6 Å². The number of anilines is 1. The fourth-order valence-corrected chi connectivity index (χ4v) is 2.70. The van der Waals surface area contributed by atoms with Crippen LogP contribution in [0.15, 0.2) is 36.4 Å². The zero-order chi connectivity index (χ0) is 18.6. The van der Waals surface area contributed by atoms with E-state index in [0.29, 0.717) is 0 Å². The third-order valence-electron chi connectivity index (χ3n) is 3.61. The molecule has 6 nitrogen and oxygen atoms in total. The van der Waals surface area contributed by atoms with E-state index >= 15 is 0 Å². The fourth-order valence-electron chi connectivity index (χ4n) is 2.32. The molecule has 2 N–H and O–H groups in total. The predicted octanol–water partition coefficient (Wildman–Crippen LogP) is 4.25. The second kappa shape index (κ2) is 8.04. The van der Waals surface area contributed by atoms with Crippen molar-refractivity contribution in [2.75, 3.05) is 5.32 Å². The second-order valence-corrected chi connectivity index (χ2v) is 6.11. The number of nitro groups is 1. The van der Waals surface area contributed by atoms with Crippen LogP contribution in [0.3, 0.4) is 0 Å². The monoisotopic (exact) mass is 377 g/mol. The quantitative estimate of drug-likeness (QED) is 0.472. The molecule has 0 unspecified atom stereocenters. The van der Waals surface area contributed by atoms with Crippen LogP contribution in [0, 0.1) is 17.0 Å². The van der Waals surface area contributed by atoms with Gasteiger partial charge in [0.1, 0.15) is 5.02 Å². The van der Waals surface area contributed by atoms with Gasteiger partial charge >= 0.3 is 0 Å². The lowest BCUT2D eigenvalue weighted by molar-refractivity contribution is -0.384. The maximum absolute atomic E-state index is 12.3. The van der Waals surface area contributed by atoms with E-state index in [-0.39, 0.29) is 21.4 Å². The number of halogens is 1. The third-order valence-corrected chi connectivity index (χ3v) is 4.13. The van der Waals surface area contributed by atoms with Crippen LogP contribution in [0.5, 0.6) is 0 Å². The lowest BCUT2D eigenvalue weighted by atomic mass is 10.1. The summed E-state index contributed by atoms with van der Waals surface area (Å²) in [6.07, 6.45) is 0.809. The normalized spacial score (nSPS) is 10.2. The van der Waals surface area contributed by atoms with Crippen molar-refractivity contribution < 1.29 is 9.72 Å². The molecule has 0 aliphatic carbocycles. The number of nitrogens with one attached hydrogen (secondary N) is 2. The molecule has 0 aliphatic heterocycles. The molecule has 130 valence electrons. The highest BCUT2D eigenvalue weighted by Gasteiger charge is 2.17. The Morgan fingerprint density at radius 3 is 2.68 bits per heavy atom. The molecule has 0 aromatic heterocycles. The summed E-state index contributed by atoms with van der Waals surface area (Å²) >= 11 is 10.9. The number of carbonyl (C=O) groups is 1. The summed E-state index contributed by atoms with van der Waals surface area (Å²) in [5.74, 6) is -0.552. The maximum atomic E-state index is 12.3. The Morgan fingerprint density at radius 2 is 2.04 bits per heavy atom. The molecule has 0 bridgehead atoms. The van der Waals surface area contributed by atoms with Crippen molar-refractivity contribution in [3.63, 3.8) is 0 Å². The first-order valence-electron chi connectivity index (χ1n) is 7.48. The molecule has 0 saturated carbocycles. The van der Waals surface area contributed by atoms with E-state index in [1.54, 1.807) is 0 Å². The summed E-state index contributed by atoms with van der Waals surface area (Å²) in [4.78, 5) is 22.5. The van der Waals surface area contributed by atoms with Crippen molar-refractivity contribution in [1.29, 1.82) is 0 Å². The predicted molar refractivity (Wildman–Crippen MR) is 102 cm³/mol. The van der Waals surface area contributed by atoms with Gasteiger partial charge in [-0.15, -0.1) is 0 Å². The van der Waals surface area contributed by atoms with Gasteiger partial charge in [-0.1, -0.05) is 36.7 Å². The Balaban J connectivity index is 2.15. The Hall–Kier alpha value is -2.51. The number of para-hydroxylation sites is 1. The molecule has 2 aromatic carbocycles. The van der Waals surface area contributed by atoms with Crippen LogP contribution in [0.4, 0.5) is 11.4 Å². The minimum absolute atomic E-state index is 0.0326. The van der Waals surface area contributed by atoms with Crippen LogP contribution in [0.1, 0.15) is 28.4 Å². The molecular weight excluding hydrogens is 362 g/mol. The average molecular weight is 378 g/mol. The van der Waals surface area contributed by atoms with Crippen LogP contribution in [-0.2, 0) is 6.42 Å². The first kappa shape index (κ1) is 18.8. The molecule has 0 spiro atoms. The van der Waals surface area contributed by atoms with Gasteiger partial charge in [-0.05, 0) is 48.8 Å². The molecule has 2 rings (SSSR count). The summed E-state index contributed by atoms with van der Waals surface area (Å²) in [5.41, 5.74) is 2.68. The van der Waals surface area contributed by atoms with E-state index in [0.717, 1.165) is 29.3 Å². The lowest BCUT2D eigenvalue weighted by Crippen LogP contribution is -2.34. The summed E-state index contributed by atoms with van der Waals surface area (Å²) in [6.45, 7) is 3.96. The van der Waals surface area contributed by atoms with Gasteiger partial charge in [-0.3, -0.25) is 20.2 Å². The van der Waals surface area contributed by atoms with Gasteiger partial charge < -0.3 is 5.32 Å². The van der Waals surface area contributed by atoms with Gasteiger partial charge in [-0.25, -0.2) is 0 Å². The topological polar surface area (TPSA) is 84.3 Å². The molecule has 8 heteroatoms. The molecule has 0 fully saturated rings. The smallest absolute Gasteiger partial charge is 0.288 e. The van der Waals surface area contributed by atoms with Gasteiger partial charge in [0.05, 0.1) is 4.92 Å². The van der Waals surface area contributed by atoms with Crippen molar-refractivity contribution in [2.45, 2.75) is 20.3 Å². The minimum Gasteiger partial charge on any atom is -0.332 e. The number of nitrogens with zero attached hydrogens (tertiary/aromatic N) is 1. The second-order valence-electron chi connectivity index (χ2n) is 5.29. The zero-order valence-corrected chi connectivity index (χ0v) is 15.2. The Bertz CT molecular complexity index is 855. The highest BCUT2D eigenvalue weighted by molar-refractivity contribution is 7.80. The minimum atomic E-state index is -0.642. The van der Waals surface area contributed by atoms with E-state index in [4.69, 9.17) is 23.8 Å². The number of aryl methyl sites for hydroxylation is 2. The molecular formula is C17H16ClN3O3S. The summed E-state index contributed by atoms with van der Waals surface area (Å²) in [6, 6.07) is 9.69. The largest absolute Gasteiger partial charge is 0.332 e. The Kier molecular flexibility index (Phi) is 6.06. The van der Waals surface area contributed by atoms with Crippen LogP contribution in [-0.4, -0.2) is 15.9 Å². The molecule has 0 atom stereocenters.